The molecule has 0 fully saturated rings. The zero-order chi connectivity index (χ0) is 24.4. The normalized spacial score (nSPS) is 11.0. The van der Waals surface area contributed by atoms with Crippen molar-refractivity contribution in [3.63, 3.8) is 0 Å². The molecule has 4 aromatic rings. The maximum atomic E-state index is 12.9. The third-order valence-corrected chi connectivity index (χ3v) is 5.28. The molecule has 0 spiro atoms. The summed E-state index contributed by atoms with van der Waals surface area (Å²) in [7, 11) is 1.46. The zero-order valence-corrected chi connectivity index (χ0v) is 18.4. The van der Waals surface area contributed by atoms with Crippen LogP contribution in [0.3, 0.4) is 0 Å². The van der Waals surface area contributed by atoms with Gasteiger partial charge < -0.3 is 14.5 Å². The number of benzene rings is 2. The lowest BCUT2D eigenvalue weighted by molar-refractivity contribution is -0.116. The predicted octanol–water partition coefficient (Wildman–Crippen LogP) is 2.09. The molecule has 4 rings (SSSR count). The lowest BCUT2D eigenvalue weighted by atomic mass is 10.1. The number of rotatable bonds is 8. The SMILES string of the molecule is C=CCn1c(=O)n(CC=C)c(=O)n(CC(=O)Nc2cc3oc4ccccc4c3cc2OC)c1=O. The van der Waals surface area contributed by atoms with Crippen LogP contribution in [0.4, 0.5) is 5.69 Å². The summed E-state index contributed by atoms with van der Waals surface area (Å²) < 4.78 is 13.6. The molecule has 0 aliphatic rings. The average molecular weight is 462 g/mol. The van der Waals surface area contributed by atoms with Crippen LogP contribution in [0.5, 0.6) is 5.75 Å². The van der Waals surface area contributed by atoms with Gasteiger partial charge in [-0.05, 0) is 12.1 Å². The van der Waals surface area contributed by atoms with Gasteiger partial charge >= 0.3 is 17.1 Å². The van der Waals surface area contributed by atoms with Crippen molar-refractivity contribution in [2.45, 2.75) is 19.6 Å². The number of carbonyl (C=O) groups is 1. The first-order valence-electron chi connectivity index (χ1n) is 10.3. The first-order chi connectivity index (χ1) is 16.4. The van der Waals surface area contributed by atoms with E-state index in [0.717, 1.165) is 19.9 Å². The number of nitrogens with one attached hydrogen (secondary N) is 1. The van der Waals surface area contributed by atoms with Crippen LogP contribution in [0, 0.1) is 0 Å². The maximum absolute atomic E-state index is 12.9. The van der Waals surface area contributed by atoms with Crippen LogP contribution in [0.25, 0.3) is 21.9 Å². The summed E-state index contributed by atoms with van der Waals surface area (Å²) in [6.07, 6.45) is 2.70. The minimum absolute atomic E-state index is 0.118. The highest BCUT2D eigenvalue weighted by molar-refractivity contribution is 6.07. The Bertz CT molecular complexity index is 1570. The molecular formula is C24H22N4O6. The number of hydrogen-bond donors (Lipinski definition) is 1. The van der Waals surface area contributed by atoms with E-state index >= 15 is 0 Å². The smallest absolute Gasteiger partial charge is 0.337 e. The molecule has 0 bridgehead atoms. The van der Waals surface area contributed by atoms with Crippen LogP contribution >= 0.6 is 0 Å². The van der Waals surface area contributed by atoms with E-state index < -0.39 is 29.5 Å². The molecule has 2 heterocycles. The summed E-state index contributed by atoms with van der Waals surface area (Å²) in [5.41, 5.74) is -1.11. The Balaban J connectivity index is 1.73. The van der Waals surface area contributed by atoms with Crippen molar-refractivity contribution < 1.29 is 13.9 Å². The molecule has 0 radical (unpaired) electrons. The van der Waals surface area contributed by atoms with E-state index in [0.29, 0.717) is 27.2 Å². The Kier molecular flexibility index (Phi) is 6.05. The third-order valence-electron chi connectivity index (χ3n) is 5.28. The highest BCUT2D eigenvalue weighted by Crippen LogP contribution is 2.36. The summed E-state index contributed by atoms with van der Waals surface area (Å²) in [4.78, 5) is 50.9. The molecule has 0 aliphatic heterocycles. The van der Waals surface area contributed by atoms with Gasteiger partial charge in [-0.15, -0.1) is 13.2 Å². The van der Waals surface area contributed by atoms with Gasteiger partial charge in [-0.1, -0.05) is 30.4 Å². The summed E-state index contributed by atoms with van der Waals surface area (Å²) in [6, 6.07) is 10.8. The third kappa shape index (κ3) is 3.85. The number of ether oxygens (including phenoxy) is 1. The topological polar surface area (TPSA) is 117 Å². The number of carbonyl (C=O) groups excluding carboxylic acids is 1. The van der Waals surface area contributed by atoms with Crippen molar-refractivity contribution in [2.75, 3.05) is 12.4 Å². The van der Waals surface area contributed by atoms with Gasteiger partial charge in [0, 0.05) is 16.8 Å². The Morgan fingerprint density at radius 2 is 1.56 bits per heavy atom. The van der Waals surface area contributed by atoms with E-state index in [9.17, 15) is 19.2 Å². The first-order valence-corrected chi connectivity index (χ1v) is 10.3. The molecule has 0 unspecified atom stereocenters. The molecule has 0 saturated carbocycles. The van der Waals surface area contributed by atoms with Crippen molar-refractivity contribution >= 4 is 33.5 Å². The van der Waals surface area contributed by atoms with Gasteiger partial charge in [0.2, 0.25) is 5.91 Å². The van der Waals surface area contributed by atoms with Crippen LogP contribution in [0.2, 0.25) is 0 Å². The molecule has 1 amide bonds. The van der Waals surface area contributed by atoms with Gasteiger partial charge in [-0.2, -0.15) is 0 Å². The van der Waals surface area contributed by atoms with E-state index in [2.05, 4.69) is 18.5 Å². The minimum Gasteiger partial charge on any atom is -0.495 e. The fourth-order valence-electron chi connectivity index (χ4n) is 3.74. The molecule has 174 valence electrons. The van der Waals surface area contributed by atoms with E-state index in [4.69, 9.17) is 9.15 Å². The molecule has 10 heteroatoms. The number of para-hydroxylation sites is 1. The molecule has 0 atom stereocenters. The van der Waals surface area contributed by atoms with Crippen LogP contribution in [-0.4, -0.2) is 26.7 Å². The van der Waals surface area contributed by atoms with E-state index in [1.54, 1.807) is 12.1 Å². The first kappa shape index (κ1) is 22.6. The molecule has 0 saturated heterocycles. The quantitative estimate of drug-likeness (QED) is 0.401. The number of methoxy groups -OCH3 is 1. The number of nitrogens with zero attached hydrogens (tertiary/aromatic N) is 3. The predicted molar refractivity (Wildman–Crippen MR) is 129 cm³/mol. The fourth-order valence-corrected chi connectivity index (χ4v) is 3.74. The van der Waals surface area contributed by atoms with Crippen molar-refractivity contribution in [2.24, 2.45) is 0 Å². The Morgan fingerprint density at radius 3 is 2.18 bits per heavy atom. The maximum Gasteiger partial charge on any atom is 0.337 e. The highest BCUT2D eigenvalue weighted by Gasteiger charge is 2.18. The van der Waals surface area contributed by atoms with Gasteiger partial charge in [0.25, 0.3) is 0 Å². The van der Waals surface area contributed by atoms with Crippen LogP contribution in [-0.2, 0) is 24.4 Å². The van der Waals surface area contributed by atoms with Crippen LogP contribution in [0.1, 0.15) is 0 Å². The lowest BCUT2D eigenvalue weighted by Gasteiger charge is -2.13. The zero-order valence-electron chi connectivity index (χ0n) is 18.4. The van der Waals surface area contributed by atoms with Crippen LogP contribution < -0.4 is 27.1 Å². The Morgan fingerprint density at radius 1 is 0.941 bits per heavy atom. The van der Waals surface area contributed by atoms with E-state index in [-0.39, 0.29) is 13.1 Å². The molecule has 2 aromatic heterocycles. The van der Waals surface area contributed by atoms with Crippen LogP contribution in [0.15, 0.2) is 80.5 Å². The highest BCUT2D eigenvalue weighted by atomic mass is 16.5. The second-order valence-electron chi connectivity index (χ2n) is 7.43. The summed E-state index contributed by atoms with van der Waals surface area (Å²) >= 11 is 0. The fraction of sp³-hybridized carbons (Fsp3) is 0.167. The Hall–Kier alpha value is -4.60. The van der Waals surface area contributed by atoms with Crippen molar-refractivity contribution in [3.8, 4) is 5.75 Å². The lowest BCUT2D eigenvalue weighted by Crippen LogP contribution is -2.55. The van der Waals surface area contributed by atoms with Gasteiger partial charge in [-0.3, -0.25) is 4.79 Å². The minimum atomic E-state index is -0.912. The van der Waals surface area contributed by atoms with Gasteiger partial charge in [0.1, 0.15) is 23.5 Å². The van der Waals surface area contributed by atoms with E-state index in [1.807, 2.05) is 24.3 Å². The number of allylic oxidation sites excluding steroid dienone is 2. The number of anilines is 1. The molecule has 34 heavy (non-hydrogen) atoms. The number of aromatic nitrogens is 3. The second-order valence-corrected chi connectivity index (χ2v) is 7.43. The Labute approximate surface area is 192 Å². The number of furan rings is 1. The summed E-state index contributed by atoms with van der Waals surface area (Å²) in [5, 5.41) is 4.37. The van der Waals surface area contributed by atoms with Crippen molar-refractivity contribution in [3.05, 3.63) is 93.2 Å². The molecule has 0 aliphatic carbocycles. The summed E-state index contributed by atoms with van der Waals surface area (Å²) in [5.74, 6) is -0.289. The average Bonchev–Trinajstić information content (AvgIpc) is 3.19. The number of fused-ring (bicyclic) bond motifs is 3. The van der Waals surface area contributed by atoms with Gasteiger partial charge in [0.05, 0.1) is 25.9 Å². The van der Waals surface area contributed by atoms with E-state index in [1.165, 1.54) is 19.3 Å². The van der Waals surface area contributed by atoms with Gasteiger partial charge in [0.15, 0.2) is 0 Å². The number of hydrogen-bond acceptors (Lipinski definition) is 6. The number of amides is 1. The standard InChI is InChI=1S/C24H22N4O6/c1-4-10-26-22(30)27(11-5-2)24(32)28(23(26)31)14-21(29)25-17-13-19-16(12-20(17)33-3)15-8-6-7-9-18(15)34-19/h4-9,12-13H,1-2,10-11,14H2,3H3,(H,25,29). The van der Waals surface area contributed by atoms with Crippen molar-refractivity contribution in [1.82, 2.24) is 13.7 Å². The van der Waals surface area contributed by atoms with Gasteiger partial charge in [-0.25, -0.2) is 28.1 Å². The van der Waals surface area contributed by atoms with Crippen molar-refractivity contribution in [1.29, 1.82) is 0 Å². The molecular weight excluding hydrogens is 440 g/mol. The largest absolute Gasteiger partial charge is 0.495 e. The molecule has 2 aromatic carbocycles. The monoisotopic (exact) mass is 462 g/mol. The molecule has 1 N–H and O–H groups in total. The molecule has 10 nitrogen and oxygen atoms in total. The summed E-state index contributed by atoms with van der Waals surface area (Å²) in [6.45, 7) is 6.20. The second kappa shape index (κ2) is 9.10.